The molecular formula is C23H32F3N3O2. The van der Waals surface area contributed by atoms with E-state index >= 15 is 0 Å². The molecule has 31 heavy (non-hydrogen) atoms. The van der Waals surface area contributed by atoms with E-state index in [9.17, 15) is 18.0 Å². The van der Waals surface area contributed by atoms with Gasteiger partial charge in [-0.3, -0.25) is 9.63 Å². The van der Waals surface area contributed by atoms with Gasteiger partial charge in [0.2, 0.25) is 0 Å². The van der Waals surface area contributed by atoms with E-state index in [1.54, 1.807) is 24.3 Å². The summed E-state index contributed by atoms with van der Waals surface area (Å²) in [7, 11) is 0. The van der Waals surface area contributed by atoms with Crippen LogP contribution in [0.3, 0.4) is 0 Å². The molecule has 0 bridgehead atoms. The zero-order chi connectivity index (χ0) is 23.2. The molecule has 1 saturated heterocycles. The number of hydrogen-bond donors (Lipinski definition) is 0. The molecule has 8 heteroatoms. The van der Waals surface area contributed by atoms with Gasteiger partial charge in [-0.25, -0.2) is 5.01 Å². The number of hydroxylamine groups is 2. The third kappa shape index (κ3) is 4.51. The van der Waals surface area contributed by atoms with Crippen LogP contribution in [0.1, 0.15) is 66.4 Å². The molecular weight excluding hydrogens is 407 g/mol. The van der Waals surface area contributed by atoms with E-state index in [0.717, 1.165) is 19.3 Å². The van der Waals surface area contributed by atoms with Crippen LogP contribution in [0.5, 0.6) is 0 Å². The van der Waals surface area contributed by atoms with Crippen LogP contribution in [-0.4, -0.2) is 51.6 Å². The lowest BCUT2D eigenvalue weighted by Crippen LogP contribution is -2.60. The van der Waals surface area contributed by atoms with Crippen LogP contribution < -0.4 is 0 Å². The maximum Gasteiger partial charge on any atom is 0.473 e. The predicted octanol–water partition coefficient (Wildman–Crippen LogP) is 5.16. The highest BCUT2D eigenvalue weighted by molar-refractivity contribution is 6.07. The first-order valence-electron chi connectivity index (χ1n) is 10.7. The molecule has 1 unspecified atom stereocenters. The van der Waals surface area contributed by atoms with Gasteiger partial charge in [0.25, 0.3) is 0 Å². The predicted molar refractivity (Wildman–Crippen MR) is 113 cm³/mol. The fourth-order valence-corrected chi connectivity index (χ4v) is 4.86. The van der Waals surface area contributed by atoms with Crippen LogP contribution in [-0.2, 0) is 9.63 Å². The lowest BCUT2D eigenvalue weighted by Gasteiger charge is -2.52. The van der Waals surface area contributed by atoms with Gasteiger partial charge in [0.15, 0.2) is 0 Å². The Morgan fingerprint density at radius 1 is 1.06 bits per heavy atom. The first-order chi connectivity index (χ1) is 14.2. The molecule has 2 aliphatic heterocycles. The highest BCUT2D eigenvalue weighted by Gasteiger charge is 2.54. The van der Waals surface area contributed by atoms with Crippen molar-refractivity contribution >= 4 is 11.6 Å². The number of hydrazone groups is 1. The molecule has 5 nitrogen and oxygen atoms in total. The molecule has 0 N–H and O–H groups in total. The van der Waals surface area contributed by atoms with E-state index in [-0.39, 0.29) is 17.7 Å². The van der Waals surface area contributed by atoms with E-state index in [1.165, 1.54) is 0 Å². The van der Waals surface area contributed by atoms with Crippen LogP contribution in [0.15, 0.2) is 35.4 Å². The van der Waals surface area contributed by atoms with Gasteiger partial charge in [0.1, 0.15) is 0 Å². The standard InChI is InChI=1S/C23H32F3N3O2/c1-20(2)13-10-14-21(3,4)29(20)31-15-17-22(5,6)18(16-11-8-7-9-12-16)27-28(17)19(30)23(24,25)26/h7-9,11-12,17H,10,13-15H2,1-6H3. The summed E-state index contributed by atoms with van der Waals surface area (Å²) in [4.78, 5) is 18.5. The molecule has 1 fully saturated rings. The molecule has 0 aromatic heterocycles. The number of hydrogen-bond acceptors (Lipinski definition) is 4. The smallest absolute Gasteiger partial charge is 0.296 e. The topological polar surface area (TPSA) is 45.1 Å². The van der Waals surface area contributed by atoms with Gasteiger partial charge in [0, 0.05) is 16.5 Å². The van der Waals surface area contributed by atoms with Crippen molar-refractivity contribution < 1.29 is 22.8 Å². The van der Waals surface area contributed by atoms with E-state index in [1.807, 2.05) is 25.0 Å². The summed E-state index contributed by atoms with van der Waals surface area (Å²) in [5.74, 6) is -1.97. The number of amides is 1. The first-order valence-corrected chi connectivity index (χ1v) is 10.7. The summed E-state index contributed by atoms with van der Waals surface area (Å²) in [6.45, 7) is 11.8. The SMILES string of the molecule is CC1(C)C(c2ccccc2)=NN(C(=O)C(F)(F)F)C1CON1C(C)(C)CCCC1(C)C. The van der Waals surface area contributed by atoms with Crippen LogP contribution in [0, 0.1) is 5.41 Å². The summed E-state index contributed by atoms with van der Waals surface area (Å²) in [6.07, 6.45) is -2.13. The Morgan fingerprint density at radius 3 is 2.13 bits per heavy atom. The van der Waals surface area contributed by atoms with Crippen LogP contribution in [0.4, 0.5) is 13.2 Å². The Labute approximate surface area is 182 Å². The third-order valence-electron chi connectivity index (χ3n) is 6.48. The van der Waals surface area contributed by atoms with Crippen molar-refractivity contribution in [3.63, 3.8) is 0 Å². The van der Waals surface area contributed by atoms with Gasteiger partial charge < -0.3 is 0 Å². The highest BCUT2D eigenvalue weighted by atomic mass is 19.4. The minimum atomic E-state index is -5.02. The molecule has 172 valence electrons. The highest BCUT2D eigenvalue weighted by Crippen LogP contribution is 2.42. The summed E-state index contributed by atoms with van der Waals surface area (Å²) < 4.78 is 40.2. The summed E-state index contributed by atoms with van der Waals surface area (Å²) in [5.41, 5.74) is -0.254. The van der Waals surface area contributed by atoms with Crippen molar-refractivity contribution in [1.82, 2.24) is 10.1 Å². The first kappa shape index (κ1) is 23.7. The fraction of sp³-hybridized carbons (Fsp3) is 0.652. The minimum absolute atomic E-state index is 0.0818. The number of halogens is 3. The van der Waals surface area contributed by atoms with Crippen molar-refractivity contribution in [1.29, 1.82) is 0 Å². The molecule has 0 aliphatic carbocycles. The number of carbonyl (C=O) groups excluding carboxylic acids is 1. The lowest BCUT2D eigenvalue weighted by atomic mass is 9.78. The van der Waals surface area contributed by atoms with E-state index < -0.39 is 23.5 Å². The molecule has 1 aromatic rings. The van der Waals surface area contributed by atoms with Gasteiger partial charge in [-0.05, 0) is 52.5 Å². The molecule has 3 rings (SSSR count). The van der Waals surface area contributed by atoms with Gasteiger partial charge in [-0.2, -0.15) is 23.3 Å². The van der Waals surface area contributed by atoms with Crippen molar-refractivity contribution in [2.45, 2.75) is 84.1 Å². The third-order valence-corrected chi connectivity index (χ3v) is 6.48. The summed E-state index contributed by atoms with van der Waals surface area (Å²) >= 11 is 0. The van der Waals surface area contributed by atoms with Crippen LogP contribution in [0.25, 0.3) is 0 Å². The molecule has 1 aromatic carbocycles. The van der Waals surface area contributed by atoms with Crippen molar-refractivity contribution in [2.24, 2.45) is 10.5 Å². The zero-order valence-electron chi connectivity index (χ0n) is 19.1. The maximum atomic E-state index is 13.4. The molecule has 0 radical (unpaired) electrons. The average Bonchev–Trinajstić information content (AvgIpc) is 2.90. The Morgan fingerprint density at radius 2 is 1.61 bits per heavy atom. The van der Waals surface area contributed by atoms with Gasteiger partial charge in [0.05, 0.1) is 18.4 Å². The Kier molecular flexibility index (Phi) is 6.04. The monoisotopic (exact) mass is 439 g/mol. The number of nitrogens with zero attached hydrogens (tertiary/aromatic N) is 3. The van der Waals surface area contributed by atoms with E-state index in [4.69, 9.17) is 4.84 Å². The molecule has 1 amide bonds. The average molecular weight is 440 g/mol. The maximum absolute atomic E-state index is 13.4. The number of piperidine rings is 1. The summed E-state index contributed by atoms with van der Waals surface area (Å²) in [6, 6.07) is 8.10. The molecule has 2 heterocycles. The van der Waals surface area contributed by atoms with Gasteiger partial charge >= 0.3 is 12.1 Å². The number of benzene rings is 1. The second kappa shape index (κ2) is 7.89. The minimum Gasteiger partial charge on any atom is -0.296 e. The van der Waals surface area contributed by atoms with Crippen LogP contribution in [0.2, 0.25) is 0 Å². The van der Waals surface area contributed by atoms with Crippen molar-refractivity contribution in [2.75, 3.05) is 6.61 Å². The van der Waals surface area contributed by atoms with Crippen molar-refractivity contribution in [3.8, 4) is 0 Å². The van der Waals surface area contributed by atoms with Gasteiger partial charge in [-0.1, -0.05) is 44.2 Å². The second-order valence-electron chi connectivity index (χ2n) is 10.3. The van der Waals surface area contributed by atoms with Gasteiger partial charge in [-0.15, -0.1) is 0 Å². The van der Waals surface area contributed by atoms with E-state index in [2.05, 4.69) is 32.8 Å². The molecule has 1 atom stereocenters. The normalized spacial score (nSPS) is 25.4. The largest absolute Gasteiger partial charge is 0.473 e. The molecule has 0 saturated carbocycles. The Hall–Kier alpha value is -1.93. The Balaban J connectivity index is 1.94. The van der Waals surface area contributed by atoms with E-state index in [0.29, 0.717) is 16.3 Å². The fourth-order valence-electron chi connectivity index (χ4n) is 4.86. The number of carbonyl (C=O) groups is 1. The number of alkyl halides is 3. The van der Waals surface area contributed by atoms with Crippen molar-refractivity contribution in [3.05, 3.63) is 35.9 Å². The Bertz CT molecular complexity index is 831. The second-order valence-corrected chi connectivity index (χ2v) is 10.3. The summed E-state index contributed by atoms with van der Waals surface area (Å²) in [5, 5.41) is 6.65. The lowest BCUT2D eigenvalue weighted by molar-refractivity contribution is -0.288. The zero-order valence-corrected chi connectivity index (χ0v) is 19.1. The molecule has 0 spiro atoms. The quantitative estimate of drug-likeness (QED) is 0.651. The number of rotatable bonds is 4. The van der Waals surface area contributed by atoms with Crippen LogP contribution >= 0.6 is 0 Å². The molecule has 2 aliphatic rings.